The van der Waals surface area contributed by atoms with Gasteiger partial charge >= 0.3 is 12.1 Å². The smallest absolute Gasteiger partial charge is 0.408 e. The Kier molecular flexibility index (Phi) is 9.54. The maximum absolute atomic E-state index is 12.0. The van der Waals surface area contributed by atoms with E-state index < -0.39 is 23.5 Å². The minimum absolute atomic E-state index is 0.136. The van der Waals surface area contributed by atoms with Crippen molar-refractivity contribution in [3.8, 4) is 0 Å². The SMILES string of the molecule is C=CCCCC[C@@H](CC)OC(=O)N[C@H](C(=O)OC)C(C)(C)C. The number of hydrogen-bond donors (Lipinski definition) is 1. The molecular formula is C17H31NO4. The molecule has 2 atom stereocenters. The summed E-state index contributed by atoms with van der Waals surface area (Å²) in [6, 6.07) is -0.733. The van der Waals surface area contributed by atoms with Crippen molar-refractivity contribution in [2.75, 3.05) is 7.11 Å². The van der Waals surface area contributed by atoms with E-state index in [4.69, 9.17) is 9.47 Å². The molecule has 128 valence electrons. The molecule has 0 aromatic rings. The number of rotatable bonds is 9. The Bertz CT molecular complexity index is 360. The van der Waals surface area contributed by atoms with Crippen LogP contribution in [0.2, 0.25) is 0 Å². The summed E-state index contributed by atoms with van der Waals surface area (Å²) in [5.74, 6) is -0.469. The Labute approximate surface area is 134 Å². The summed E-state index contributed by atoms with van der Waals surface area (Å²) in [7, 11) is 1.31. The zero-order valence-electron chi connectivity index (χ0n) is 14.6. The van der Waals surface area contributed by atoms with E-state index in [-0.39, 0.29) is 6.10 Å². The standard InChI is InChI=1S/C17H31NO4/c1-7-9-10-11-12-13(8-2)22-16(20)18-14(15(19)21-6)17(3,4)5/h7,13-14H,1,8-12H2,2-6H3,(H,18,20)/t13-,14-/m1/s1. The summed E-state index contributed by atoms with van der Waals surface area (Å²) in [4.78, 5) is 23.8. The molecule has 0 aromatic heterocycles. The maximum Gasteiger partial charge on any atom is 0.408 e. The molecule has 0 saturated heterocycles. The van der Waals surface area contributed by atoms with Crippen LogP contribution in [-0.4, -0.2) is 31.3 Å². The average molecular weight is 313 g/mol. The van der Waals surface area contributed by atoms with E-state index in [1.807, 2.05) is 33.8 Å². The highest BCUT2D eigenvalue weighted by atomic mass is 16.6. The van der Waals surface area contributed by atoms with Crippen LogP contribution in [0.5, 0.6) is 0 Å². The fourth-order valence-corrected chi connectivity index (χ4v) is 2.06. The van der Waals surface area contributed by atoms with Gasteiger partial charge in [0.25, 0.3) is 0 Å². The van der Waals surface area contributed by atoms with Gasteiger partial charge in [-0.25, -0.2) is 9.59 Å². The summed E-state index contributed by atoms with van der Waals surface area (Å²) in [5, 5.41) is 2.62. The van der Waals surface area contributed by atoms with E-state index in [0.29, 0.717) is 0 Å². The van der Waals surface area contributed by atoms with Gasteiger partial charge in [-0.15, -0.1) is 6.58 Å². The fraction of sp³-hybridized carbons (Fsp3) is 0.765. The Hall–Kier alpha value is -1.52. The van der Waals surface area contributed by atoms with E-state index in [2.05, 4.69) is 11.9 Å². The predicted octanol–water partition coefficient (Wildman–Crippen LogP) is 3.83. The van der Waals surface area contributed by atoms with Crippen LogP contribution in [0.25, 0.3) is 0 Å². The molecule has 5 nitrogen and oxygen atoms in total. The maximum atomic E-state index is 12.0. The van der Waals surface area contributed by atoms with Crippen LogP contribution >= 0.6 is 0 Å². The highest BCUT2D eigenvalue weighted by Gasteiger charge is 2.34. The first kappa shape index (κ1) is 20.5. The van der Waals surface area contributed by atoms with Crippen LogP contribution < -0.4 is 5.32 Å². The third kappa shape index (κ3) is 8.05. The molecule has 0 aromatic carbocycles. The van der Waals surface area contributed by atoms with Gasteiger partial charge < -0.3 is 14.8 Å². The van der Waals surface area contributed by atoms with Gasteiger partial charge in [0.05, 0.1) is 7.11 Å². The number of ether oxygens (including phenoxy) is 2. The Morgan fingerprint density at radius 2 is 1.91 bits per heavy atom. The Morgan fingerprint density at radius 1 is 1.27 bits per heavy atom. The zero-order valence-corrected chi connectivity index (χ0v) is 14.6. The van der Waals surface area contributed by atoms with Gasteiger partial charge in [-0.05, 0) is 37.5 Å². The largest absolute Gasteiger partial charge is 0.467 e. The summed E-state index contributed by atoms with van der Waals surface area (Å²) in [6.07, 6.45) is 5.74. The summed E-state index contributed by atoms with van der Waals surface area (Å²) >= 11 is 0. The van der Waals surface area contributed by atoms with Gasteiger partial charge in [-0.2, -0.15) is 0 Å². The first-order valence-electron chi connectivity index (χ1n) is 7.92. The van der Waals surface area contributed by atoms with Gasteiger partial charge in [0, 0.05) is 0 Å². The minimum atomic E-state index is -0.733. The molecule has 0 aliphatic rings. The van der Waals surface area contributed by atoms with Gasteiger partial charge in [0.15, 0.2) is 0 Å². The molecular weight excluding hydrogens is 282 g/mol. The molecule has 0 saturated carbocycles. The van der Waals surface area contributed by atoms with E-state index in [9.17, 15) is 9.59 Å². The molecule has 0 fully saturated rings. The third-order valence-corrected chi connectivity index (χ3v) is 3.48. The summed E-state index contributed by atoms with van der Waals surface area (Å²) < 4.78 is 10.2. The minimum Gasteiger partial charge on any atom is -0.467 e. The average Bonchev–Trinajstić information content (AvgIpc) is 2.46. The van der Waals surface area contributed by atoms with Gasteiger partial charge in [0.1, 0.15) is 12.1 Å². The fourth-order valence-electron chi connectivity index (χ4n) is 2.06. The van der Waals surface area contributed by atoms with Crippen molar-refractivity contribution in [2.45, 2.75) is 71.9 Å². The molecule has 0 bridgehead atoms. The second-order valence-electron chi connectivity index (χ2n) is 6.48. The lowest BCUT2D eigenvalue weighted by Crippen LogP contribution is -2.50. The van der Waals surface area contributed by atoms with Crippen molar-refractivity contribution < 1.29 is 19.1 Å². The van der Waals surface area contributed by atoms with Crippen LogP contribution in [0.1, 0.15) is 59.8 Å². The Morgan fingerprint density at radius 3 is 2.36 bits per heavy atom. The Balaban J connectivity index is 4.47. The normalized spacial score (nSPS) is 13.9. The van der Waals surface area contributed by atoms with Crippen LogP contribution in [-0.2, 0) is 14.3 Å². The van der Waals surface area contributed by atoms with E-state index in [1.165, 1.54) is 7.11 Å². The van der Waals surface area contributed by atoms with Gasteiger partial charge in [-0.1, -0.05) is 33.8 Å². The molecule has 5 heteroatoms. The van der Waals surface area contributed by atoms with Crippen molar-refractivity contribution >= 4 is 12.1 Å². The molecule has 0 unspecified atom stereocenters. The molecule has 1 amide bonds. The lowest BCUT2D eigenvalue weighted by Gasteiger charge is -2.29. The number of esters is 1. The van der Waals surface area contributed by atoms with Crippen LogP contribution in [0.15, 0.2) is 12.7 Å². The van der Waals surface area contributed by atoms with Crippen molar-refractivity contribution in [1.82, 2.24) is 5.32 Å². The quantitative estimate of drug-likeness (QED) is 0.399. The second-order valence-corrected chi connectivity index (χ2v) is 6.48. The van der Waals surface area contributed by atoms with Crippen LogP contribution in [0, 0.1) is 5.41 Å². The topological polar surface area (TPSA) is 64.6 Å². The predicted molar refractivity (Wildman–Crippen MR) is 87.6 cm³/mol. The lowest BCUT2D eigenvalue weighted by molar-refractivity contribution is -0.145. The second kappa shape index (κ2) is 10.2. The molecule has 22 heavy (non-hydrogen) atoms. The number of alkyl carbamates (subject to hydrolysis) is 1. The van der Waals surface area contributed by atoms with E-state index in [0.717, 1.165) is 32.1 Å². The van der Waals surface area contributed by atoms with Gasteiger partial charge in [0.2, 0.25) is 0 Å². The molecule has 1 N–H and O–H groups in total. The number of allylic oxidation sites excluding steroid dienone is 1. The summed E-state index contributed by atoms with van der Waals surface area (Å²) in [6.45, 7) is 11.3. The highest BCUT2D eigenvalue weighted by Crippen LogP contribution is 2.21. The first-order valence-corrected chi connectivity index (χ1v) is 7.92. The molecule has 0 radical (unpaired) electrons. The van der Waals surface area contributed by atoms with Crippen molar-refractivity contribution in [3.05, 3.63) is 12.7 Å². The van der Waals surface area contributed by atoms with E-state index in [1.54, 1.807) is 0 Å². The third-order valence-electron chi connectivity index (χ3n) is 3.48. The zero-order chi connectivity index (χ0) is 17.2. The van der Waals surface area contributed by atoms with Crippen molar-refractivity contribution in [1.29, 1.82) is 0 Å². The molecule has 0 aliphatic carbocycles. The van der Waals surface area contributed by atoms with E-state index >= 15 is 0 Å². The van der Waals surface area contributed by atoms with Gasteiger partial charge in [-0.3, -0.25) is 0 Å². The lowest BCUT2D eigenvalue weighted by atomic mass is 9.87. The van der Waals surface area contributed by atoms with Crippen molar-refractivity contribution in [2.24, 2.45) is 5.41 Å². The number of methoxy groups -OCH3 is 1. The monoisotopic (exact) mass is 313 g/mol. The number of carbonyl (C=O) groups excluding carboxylic acids is 2. The number of carbonyl (C=O) groups is 2. The number of amides is 1. The van der Waals surface area contributed by atoms with Crippen LogP contribution in [0.4, 0.5) is 4.79 Å². The number of unbranched alkanes of at least 4 members (excludes halogenated alkanes) is 2. The molecule has 0 heterocycles. The first-order chi connectivity index (χ1) is 10.3. The highest BCUT2D eigenvalue weighted by molar-refractivity contribution is 5.82. The number of nitrogens with one attached hydrogen (secondary N) is 1. The molecule has 0 rings (SSSR count). The van der Waals surface area contributed by atoms with Crippen LogP contribution in [0.3, 0.4) is 0 Å². The summed E-state index contributed by atoms with van der Waals surface area (Å²) in [5.41, 5.74) is -0.447. The number of hydrogen-bond acceptors (Lipinski definition) is 4. The molecule has 0 spiro atoms. The van der Waals surface area contributed by atoms with Crippen molar-refractivity contribution in [3.63, 3.8) is 0 Å². The molecule has 0 aliphatic heterocycles.